The van der Waals surface area contributed by atoms with Crippen molar-refractivity contribution in [2.24, 2.45) is 0 Å². The van der Waals surface area contributed by atoms with E-state index in [1.165, 1.54) is 0 Å². The number of hydrogen-bond acceptors (Lipinski definition) is 3. The predicted molar refractivity (Wildman–Crippen MR) is 52.9 cm³/mol. The standard InChI is InChI=1S/C8H18N2OS/c1-2-12(11)8-7-10-5-3-9-4-6-10/h9H,2-8H2,1H3/t12-/m1/s1. The van der Waals surface area contributed by atoms with Crippen molar-refractivity contribution < 1.29 is 4.21 Å². The molecule has 0 aromatic carbocycles. The lowest BCUT2D eigenvalue weighted by molar-refractivity contribution is 0.254. The Bertz CT molecular complexity index is 146. The molecule has 1 N–H and O–H groups in total. The van der Waals surface area contributed by atoms with Gasteiger partial charge in [-0.2, -0.15) is 0 Å². The average molecular weight is 190 g/mol. The molecule has 0 aliphatic carbocycles. The summed E-state index contributed by atoms with van der Waals surface area (Å²) in [6, 6.07) is 0. The van der Waals surface area contributed by atoms with Crippen LogP contribution in [-0.2, 0) is 10.8 Å². The minimum Gasteiger partial charge on any atom is -0.314 e. The summed E-state index contributed by atoms with van der Waals surface area (Å²) in [5.41, 5.74) is 0. The van der Waals surface area contributed by atoms with E-state index in [-0.39, 0.29) is 0 Å². The molecule has 1 atom stereocenters. The zero-order valence-electron chi connectivity index (χ0n) is 7.71. The molecule has 0 aromatic rings. The zero-order valence-corrected chi connectivity index (χ0v) is 8.53. The largest absolute Gasteiger partial charge is 0.314 e. The van der Waals surface area contributed by atoms with E-state index in [9.17, 15) is 4.21 Å². The quantitative estimate of drug-likeness (QED) is 0.658. The number of nitrogens with one attached hydrogen (secondary N) is 1. The van der Waals surface area contributed by atoms with E-state index in [4.69, 9.17) is 0 Å². The fraction of sp³-hybridized carbons (Fsp3) is 1.00. The van der Waals surface area contributed by atoms with Crippen molar-refractivity contribution in [3.8, 4) is 0 Å². The third kappa shape index (κ3) is 3.65. The molecule has 3 nitrogen and oxygen atoms in total. The van der Waals surface area contributed by atoms with Gasteiger partial charge in [-0.15, -0.1) is 0 Å². The second kappa shape index (κ2) is 5.67. The average Bonchev–Trinajstić information content (AvgIpc) is 2.16. The summed E-state index contributed by atoms with van der Waals surface area (Å²) in [5.74, 6) is 1.64. The maximum atomic E-state index is 11.1. The smallest absolute Gasteiger partial charge is 0.0362 e. The third-order valence-corrected chi connectivity index (χ3v) is 3.45. The van der Waals surface area contributed by atoms with Gasteiger partial charge in [-0.25, -0.2) is 0 Å². The summed E-state index contributed by atoms with van der Waals surface area (Å²) in [4.78, 5) is 2.38. The minimum atomic E-state index is -0.591. The van der Waals surface area contributed by atoms with Crippen molar-refractivity contribution in [2.45, 2.75) is 6.92 Å². The van der Waals surface area contributed by atoms with Crippen molar-refractivity contribution in [1.29, 1.82) is 0 Å². The van der Waals surface area contributed by atoms with Crippen LogP contribution in [0.5, 0.6) is 0 Å². The van der Waals surface area contributed by atoms with Gasteiger partial charge in [-0.3, -0.25) is 9.11 Å². The molecule has 1 saturated heterocycles. The molecule has 0 saturated carbocycles. The van der Waals surface area contributed by atoms with Gasteiger partial charge in [0, 0.05) is 55.0 Å². The van der Waals surface area contributed by atoms with Gasteiger partial charge < -0.3 is 5.32 Å². The second-order valence-electron chi connectivity index (χ2n) is 3.02. The Labute approximate surface area is 77.0 Å². The van der Waals surface area contributed by atoms with Crippen LogP contribution in [0.3, 0.4) is 0 Å². The molecule has 0 radical (unpaired) electrons. The summed E-state index contributed by atoms with van der Waals surface area (Å²) in [6.07, 6.45) is 0. The minimum absolute atomic E-state index is 0.591. The summed E-state index contributed by atoms with van der Waals surface area (Å²) in [5, 5.41) is 3.30. The topological polar surface area (TPSA) is 32.3 Å². The normalized spacial score (nSPS) is 22.4. The fourth-order valence-electron chi connectivity index (χ4n) is 1.31. The number of piperazine rings is 1. The van der Waals surface area contributed by atoms with E-state index >= 15 is 0 Å². The molecule has 1 heterocycles. The summed E-state index contributed by atoms with van der Waals surface area (Å²) < 4.78 is 11.1. The first-order valence-electron chi connectivity index (χ1n) is 4.61. The molecule has 1 rings (SSSR count). The van der Waals surface area contributed by atoms with Gasteiger partial charge in [0.05, 0.1) is 0 Å². The van der Waals surface area contributed by atoms with Gasteiger partial charge in [0.25, 0.3) is 0 Å². The van der Waals surface area contributed by atoms with Gasteiger partial charge in [0.1, 0.15) is 0 Å². The van der Waals surface area contributed by atoms with E-state index in [0.717, 1.165) is 44.2 Å². The van der Waals surface area contributed by atoms with Crippen LogP contribution in [0.1, 0.15) is 6.92 Å². The van der Waals surface area contributed by atoms with Gasteiger partial charge >= 0.3 is 0 Å². The predicted octanol–water partition coefficient (Wildman–Crippen LogP) is -0.340. The molecular formula is C8H18N2OS. The highest BCUT2D eigenvalue weighted by Crippen LogP contribution is 1.92. The monoisotopic (exact) mass is 190 g/mol. The Hall–Kier alpha value is 0.0700. The number of rotatable bonds is 4. The highest BCUT2D eigenvalue weighted by Gasteiger charge is 2.09. The maximum Gasteiger partial charge on any atom is 0.0362 e. The van der Waals surface area contributed by atoms with Crippen LogP contribution in [0.2, 0.25) is 0 Å². The van der Waals surface area contributed by atoms with Crippen molar-refractivity contribution >= 4 is 10.8 Å². The van der Waals surface area contributed by atoms with Crippen molar-refractivity contribution in [3.05, 3.63) is 0 Å². The third-order valence-electron chi connectivity index (χ3n) is 2.17. The number of hydrogen-bond donors (Lipinski definition) is 1. The van der Waals surface area contributed by atoms with Crippen molar-refractivity contribution in [3.63, 3.8) is 0 Å². The first kappa shape index (κ1) is 10.2. The van der Waals surface area contributed by atoms with Crippen LogP contribution in [0.15, 0.2) is 0 Å². The Balaban J connectivity index is 2.09. The summed E-state index contributed by atoms with van der Waals surface area (Å²) in [7, 11) is -0.591. The first-order valence-corrected chi connectivity index (χ1v) is 6.09. The van der Waals surface area contributed by atoms with E-state index in [1.54, 1.807) is 0 Å². The second-order valence-corrected chi connectivity index (χ2v) is 4.89. The SMILES string of the molecule is CC[S@@](=O)CCN1CCNCC1. The van der Waals surface area contributed by atoms with Gasteiger partial charge in [0.2, 0.25) is 0 Å². The first-order chi connectivity index (χ1) is 5.83. The Morgan fingerprint density at radius 3 is 2.67 bits per heavy atom. The van der Waals surface area contributed by atoms with Crippen molar-refractivity contribution in [1.82, 2.24) is 10.2 Å². The van der Waals surface area contributed by atoms with E-state index in [0.29, 0.717) is 0 Å². The van der Waals surface area contributed by atoms with Crippen LogP contribution in [0, 0.1) is 0 Å². The van der Waals surface area contributed by atoms with Gasteiger partial charge in [-0.05, 0) is 0 Å². The highest BCUT2D eigenvalue weighted by atomic mass is 32.2. The van der Waals surface area contributed by atoms with Crippen molar-refractivity contribution in [2.75, 3.05) is 44.2 Å². The molecule has 0 bridgehead atoms. The van der Waals surface area contributed by atoms with E-state index < -0.39 is 10.8 Å². The van der Waals surface area contributed by atoms with Crippen LogP contribution in [0.4, 0.5) is 0 Å². The van der Waals surface area contributed by atoms with E-state index in [1.807, 2.05) is 6.92 Å². The van der Waals surface area contributed by atoms with E-state index in [2.05, 4.69) is 10.2 Å². The molecule has 1 aliphatic rings. The lowest BCUT2D eigenvalue weighted by atomic mass is 10.4. The summed E-state index contributed by atoms with van der Waals surface area (Å²) in [6.45, 7) is 7.37. The van der Waals surface area contributed by atoms with Gasteiger partial charge in [0.15, 0.2) is 0 Å². The molecule has 0 aromatic heterocycles. The van der Waals surface area contributed by atoms with Crippen LogP contribution in [0.25, 0.3) is 0 Å². The molecule has 0 amide bonds. The lowest BCUT2D eigenvalue weighted by Crippen LogP contribution is -2.44. The molecule has 12 heavy (non-hydrogen) atoms. The zero-order chi connectivity index (χ0) is 8.81. The molecule has 72 valence electrons. The summed E-state index contributed by atoms with van der Waals surface area (Å²) >= 11 is 0. The van der Waals surface area contributed by atoms with Crippen LogP contribution >= 0.6 is 0 Å². The maximum absolute atomic E-state index is 11.1. The van der Waals surface area contributed by atoms with Crippen LogP contribution < -0.4 is 5.32 Å². The Kier molecular flexibility index (Phi) is 4.80. The molecule has 4 heteroatoms. The molecule has 1 fully saturated rings. The van der Waals surface area contributed by atoms with Gasteiger partial charge in [-0.1, -0.05) is 6.92 Å². The molecule has 0 unspecified atom stereocenters. The molecule has 1 aliphatic heterocycles. The number of nitrogens with zero attached hydrogens (tertiary/aromatic N) is 1. The lowest BCUT2D eigenvalue weighted by Gasteiger charge is -2.26. The van der Waals surface area contributed by atoms with Crippen LogP contribution in [-0.4, -0.2) is 53.3 Å². The molecule has 0 spiro atoms. The fourth-order valence-corrected chi connectivity index (χ4v) is 2.06. The Morgan fingerprint density at radius 1 is 1.42 bits per heavy atom. The molecular weight excluding hydrogens is 172 g/mol. The Morgan fingerprint density at radius 2 is 2.08 bits per heavy atom. The highest BCUT2D eigenvalue weighted by molar-refractivity contribution is 7.84.